The molecule has 30 nitrogen and oxygen atoms in total. The summed E-state index contributed by atoms with van der Waals surface area (Å²) >= 11 is 0. The third-order valence-electron chi connectivity index (χ3n) is 10.1. The Labute approximate surface area is 430 Å². The molecule has 0 aromatic heterocycles. The van der Waals surface area contributed by atoms with Crippen molar-refractivity contribution in [3.8, 4) is 0 Å². The summed E-state index contributed by atoms with van der Waals surface area (Å²) in [7, 11) is 1.25. The van der Waals surface area contributed by atoms with Crippen molar-refractivity contribution >= 4 is 59.7 Å². The fraction of sp³-hybridized carbons (Fsp3) is 0.778. The Morgan fingerprint density at radius 2 is 0.613 bits per heavy atom. The van der Waals surface area contributed by atoms with Crippen LogP contribution in [0.2, 0.25) is 0 Å². The Kier molecular flexibility index (Phi) is 27.1. The summed E-state index contributed by atoms with van der Waals surface area (Å²) in [4.78, 5) is 121. The van der Waals surface area contributed by atoms with Crippen molar-refractivity contribution in [2.24, 2.45) is 0 Å². The lowest BCUT2D eigenvalue weighted by Crippen LogP contribution is -2.63. The molecule has 0 radical (unpaired) electrons. The van der Waals surface area contributed by atoms with Gasteiger partial charge in [-0.3, -0.25) is 47.9 Å². The molecule has 3 saturated heterocycles. The highest BCUT2D eigenvalue weighted by molar-refractivity contribution is 5.70. The van der Waals surface area contributed by atoms with E-state index in [1.165, 1.54) is 7.11 Å². The van der Waals surface area contributed by atoms with E-state index in [1.54, 1.807) is 0 Å². The predicted molar refractivity (Wildman–Crippen MR) is 235 cm³/mol. The van der Waals surface area contributed by atoms with Gasteiger partial charge in [-0.25, -0.2) is 0 Å². The second kappa shape index (κ2) is 32.0. The predicted octanol–water partition coefficient (Wildman–Crippen LogP) is -1.23. The average molecular weight is 1090 g/mol. The fourth-order valence-electron chi connectivity index (χ4n) is 7.60. The summed E-state index contributed by atoms with van der Waals surface area (Å²) < 4.78 is 111. The zero-order chi connectivity index (χ0) is 55.9. The Morgan fingerprint density at radius 3 is 0.973 bits per heavy atom. The molecule has 3 aliphatic heterocycles. The van der Waals surface area contributed by atoms with Gasteiger partial charge in [-0.15, -0.1) is 0 Å². The van der Waals surface area contributed by atoms with E-state index in [9.17, 15) is 47.9 Å². The number of hydrogen-bond acceptors (Lipinski definition) is 30. The second-order valence-corrected chi connectivity index (χ2v) is 16.4. The molecule has 0 amide bonds. The van der Waals surface area contributed by atoms with E-state index in [0.717, 1.165) is 69.2 Å². The van der Waals surface area contributed by atoms with Crippen molar-refractivity contribution in [1.82, 2.24) is 0 Å². The molecule has 3 fully saturated rings. The Balaban J connectivity index is 1.69. The van der Waals surface area contributed by atoms with Crippen LogP contribution in [0.5, 0.6) is 0 Å². The highest BCUT2D eigenvalue weighted by Gasteiger charge is 2.55. The summed E-state index contributed by atoms with van der Waals surface area (Å²) in [6.45, 7) is 7.50. The van der Waals surface area contributed by atoms with E-state index in [0.29, 0.717) is 0 Å². The smallest absolute Gasteiger partial charge is 0.303 e. The number of methoxy groups -OCH3 is 1. The largest absolute Gasteiger partial charge is 0.463 e. The van der Waals surface area contributed by atoms with Crippen LogP contribution in [0.15, 0.2) is 0 Å². The molecule has 3 rings (SSSR count). The van der Waals surface area contributed by atoms with Gasteiger partial charge >= 0.3 is 59.7 Å². The zero-order valence-electron chi connectivity index (χ0n) is 43.3. The van der Waals surface area contributed by atoms with Crippen LogP contribution >= 0.6 is 0 Å². The molecular formula is C45H66O30. The monoisotopic (exact) mass is 1090 g/mol. The zero-order valence-corrected chi connectivity index (χ0v) is 43.3. The van der Waals surface area contributed by atoms with Gasteiger partial charge in [0.25, 0.3) is 0 Å². The standard InChI is InChI=1S/C45H66O30/c1-21(46)62-17-32-35(66-24(4)49)38(68-26(6)51)41(71-29(9)54)44(74-32)60-14-12-57-19-59-16-31-34(65-23(3)48)37(40(70-28(8)53)43(56-11)73-31)64-20-58-13-15-61-45-42(72-30(10)55)39(69-27(7)52)36(67-25(5)50)33(75-45)18-63-22(2)47/h31-45H,12-20H2,1-11H3/t31-,32-,33-,34-,35-,36-,37+,38+,39+,40+,41+,42+,43+,44+,45+/m1/s1. The first-order chi connectivity index (χ1) is 35.4. The maximum Gasteiger partial charge on any atom is 0.303 e. The quantitative estimate of drug-likeness (QED) is 0.0383. The third kappa shape index (κ3) is 21.8. The van der Waals surface area contributed by atoms with Crippen molar-refractivity contribution in [3.05, 3.63) is 0 Å². The molecule has 75 heavy (non-hydrogen) atoms. The molecular weight excluding hydrogens is 1020 g/mol. The first-order valence-corrected chi connectivity index (χ1v) is 23.1. The number of ether oxygens (including phenoxy) is 20. The molecule has 0 aromatic rings. The molecule has 0 N–H and O–H groups in total. The van der Waals surface area contributed by atoms with E-state index >= 15 is 0 Å². The lowest BCUT2D eigenvalue weighted by molar-refractivity contribution is -0.320. The number of esters is 10. The Hall–Kier alpha value is -5.70. The van der Waals surface area contributed by atoms with Gasteiger partial charge in [-0.2, -0.15) is 0 Å². The van der Waals surface area contributed by atoms with Gasteiger partial charge in [0, 0.05) is 76.3 Å². The molecule has 3 heterocycles. The molecule has 0 unspecified atom stereocenters. The van der Waals surface area contributed by atoms with Gasteiger partial charge in [0.15, 0.2) is 67.7 Å². The average Bonchev–Trinajstić information content (AvgIpc) is 3.29. The Bertz CT molecular complexity index is 1930. The topological polar surface area (TPSA) is 355 Å². The van der Waals surface area contributed by atoms with Crippen LogP contribution in [0.4, 0.5) is 0 Å². The van der Waals surface area contributed by atoms with Crippen LogP contribution in [-0.4, -0.2) is 219 Å². The minimum absolute atomic E-state index is 0.207. The van der Waals surface area contributed by atoms with E-state index in [-0.39, 0.29) is 33.0 Å². The van der Waals surface area contributed by atoms with Crippen molar-refractivity contribution in [2.45, 2.75) is 161 Å². The molecule has 0 saturated carbocycles. The first-order valence-electron chi connectivity index (χ1n) is 23.1. The molecule has 426 valence electrons. The lowest BCUT2D eigenvalue weighted by atomic mass is 9.98. The second-order valence-electron chi connectivity index (χ2n) is 16.4. The van der Waals surface area contributed by atoms with Crippen LogP contribution in [0.3, 0.4) is 0 Å². The summed E-state index contributed by atoms with van der Waals surface area (Å²) in [6.07, 6.45) is -20.7. The SMILES string of the molecule is CO[C@H]1O[C@H](COCOCCO[C@H]2O[C@H](COC(C)=O)[C@@H](OC(C)=O)[C@H](OC(C)=O)[C@@H]2OC(C)=O)[C@@H](OC(C)=O)[C@H](OCOCCO[C@H]2O[C@H](COC(C)=O)[C@@H](OC(C)=O)[C@H](OC(C)=O)[C@@H]2OC(C)=O)[C@@H]1OC(C)=O. The summed E-state index contributed by atoms with van der Waals surface area (Å²) in [5.41, 5.74) is 0. The van der Waals surface area contributed by atoms with E-state index in [2.05, 4.69) is 0 Å². The first kappa shape index (κ1) is 63.6. The van der Waals surface area contributed by atoms with Gasteiger partial charge in [0.05, 0.1) is 33.0 Å². The van der Waals surface area contributed by atoms with E-state index < -0.39 is 179 Å². The number of rotatable bonds is 28. The number of carbonyl (C=O) groups is 10. The van der Waals surface area contributed by atoms with Gasteiger partial charge < -0.3 is 94.7 Å². The van der Waals surface area contributed by atoms with Crippen LogP contribution in [0.1, 0.15) is 69.2 Å². The van der Waals surface area contributed by atoms with Gasteiger partial charge in [0.1, 0.15) is 51.2 Å². The molecule has 30 heteroatoms. The van der Waals surface area contributed by atoms with Crippen LogP contribution < -0.4 is 0 Å². The highest BCUT2D eigenvalue weighted by Crippen LogP contribution is 2.33. The van der Waals surface area contributed by atoms with Crippen LogP contribution in [-0.2, 0) is 143 Å². The normalized spacial score (nSPS) is 29.3. The van der Waals surface area contributed by atoms with Crippen molar-refractivity contribution in [3.63, 3.8) is 0 Å². The van der Waals surface area contributed by atoms with E-state index in [1.807, 2.05) is 0 Å². The summed E-state index contributed by atoms with van der Waals surface area (Å²) in [5.74, 6) is -7.98. The highest BCUT2D eigenvalue weighted by atomic mass is 16.8. The molecule has 0 aliphatic carbocycles. The fourth-order valence-corrected chi connectivity index (χ4v) is 7.60. The minimum atomic E-state index is -1.50. The van der Waals surface area contributed by atoms with Gasteiger partial charge in [-0.05, 0) is 0 Å². The van der Waals surface area contributed by atoms with Crippen molar-refractivity contribution in [2.75, 3.05) is 66.9 Å². The summed E-state index contributed by atoms with van der Waals surface area (Å²) in [6, 6.07) is 0. The van der Waals surface area contributed by atoms with Crippen molar-refractivity contribution < 1.29 is 143 Å². The molecule has 0 spiro atoms. The van der Waals surface area contributed by atoms with Gasteiger partial charge in [-0.1, -0.05) is 0 Å². The minimum Gasteiger partial charge on any atom is -0.463 e. The molecule has 0 aromatic carbocycles. The molecule has 3 aliphatic rings. The molecule has 15 atom stereocenters. The summed E-state index contributed by atoms with van der Waals surface area (Å²) in [5, 5.41) is 0. The molecule has 0 bridgehead atoms. The van der Waals surface area contributed by atoms with Gasteiger partial charge in [0.2, 0.25) is 0 Å². The van der Waals surface area contributed by atoms with Crippen LogP contribution in [0.25, 0.3) is 0 Å². The van der Waals surface area contributed by atoms with E-state index in [4.69, 9.17) is 94.7 Å². The maximum atomic E-state index is 12.5. The Morgan fingerprint density at radius 1 is 0.307 bits per heavy atom. The lowest BCUT2D eigenvalue weighted by Gasteiger charge is -2.44. The number of hydrogen-bond donors (Lipinski definition) is 0. The van der Waals surface area contributed by atoms with Crippen LogP contribution in [0, 0.1) is 0 Å². The maximum absolute atomic E-state index is 12.5. The van der Waals surface area contributed by atoms with Crippen molar-refractivity contribution in [1.29, 1.82) is 0 Å². The third-order valence-corrected chi connectivity index (χ3v) is 10.1. The number of carbonyl (C=O) groups excluding carboxylic acids is 10.